The van der Waals surface area contributed by atoms with Crippen molar-refractivity contribution in [2.45, 2.75) is 50.9 Å². The molecule has 0 unspecified atom stereocenters. The van der Waals surface area contributed by atoms with E-state index in [1.165, 1.54) is 71.8 Å². The average molecular weight is 608 g/mol. The normalized spacial score (nSPS) is 17.9. The van der Waals surface area contributed by atoms with Crippen LogP contribution in [0.2, 0.25) is 0 Å². The number of allylic oxidation sites excluding steroid dienone is 2. The van der Waals surface area contributed by atoms with Crippen LogP contribution in [0.1, 0.15) is 61.1 Å². The number of benzene rings is 4. The Balaban J connectivity index is 1.06. The van der Waals surface area contributed by atoms with Crippen molar-refractivity contribution in [2.75, 3.05) is 16.5 Å². The number of carbonyl (C=O) groups excluding carboxylic acids is 1. The molecule has 1 saturated carbocycles. The van der Waals surface area contributed by atoms with Gasteiger partial charge in [0.25, 0.3) is 5.91 Å². The van der Waals surface area contributed by atoms with Gasteiger partial charge in [0, 0.05) is 17.9 Å². The SMILES string of the molecule is O=C(O)C1=NN(c2ccccc2)C(=O)/C1=C\C=C\c1ccc2c(c1)CCCN2c1ccc(-c2ccc(C3CCCCC3)cc2)cc1. The number of hydrazone groups is 1. The highest BCUT2D eigenvalue weighted by molar-refractivity contribution is 6.52. The summed E-state index contributed by atoms with van der Waals surface area (Å²) in [7, 11) is 0. The maximum Gasteiger partial charge on any atom is 0.357 e. The number of fused-ring (bicyclic) bond motifs is 1. The van der Waals surface area contributed by atoms with Crippen LogP contribution in [0.25, 0.3) is 17.2 Å². The van der Waals surface area contributed by atoms with Crippen LogP contribution in [0.4, 0.5) is 17.1 Å². The summed E-state index contributed by atoms with van der Waals surface area (Å²) in [5.74, 6) is -0.975. The molecule has 3 aliphatic rings. The number of carboxylic acids is 1. The lowest BCUT2D eigenvalue weighted by Crippen LogP contribution is -2.24. The molecule has 6 heteroatoms. The molecule has 6 nitrogen and oxygen atoms in total. The second kappa shape index (κ2) is 13.0. The fourth-order valence-corrected chi connectivity index (χ4v) is 6.93. The minimum Gasteiger partial charge on any atom is -0.476 e. The molecule has 7 rings (SSSR count). The zero-order valence-electron chi connectivity index (χ0n) is 25.8. The van der Waals surface area contributed by atoms with Crippen molar-refractivity contribution in [1.82, 2.24) is 0 Å². The molecule has 1 N–H and O–H groups in total. The van der Waals surface area contributed by atoms with E-state index in [1.54, 1.807) is 30.3 Å². The highest BCUT2D eigenvalue weighted by atomic mass is 16.4. The quantitative estimate of drug-likeness (QED) is 0.213. The minimum absolute atomic E-state index is 0.0559. The molecule has 1 aliphatic carbocycles. The van der Waals surface area contributed by atoms with Crippen LogP contribution in [0, 0.1) is 0 Å². The van der Waals surface area contributed by atoms with Gasteiger partial charge in [-0.2, -0.15) is 10.1 Å². The van der Waals surface area contributed by atoms with E-state index in [-0.39, 0.29) is 11.3 Å². The summed E-state index contributed by atoms with van der Waals surface area (Å²) in [5, 5.41) is 14.9. The van der Waals surface area contributed by atoms with Crippen molar-refractivity contribution in [3.63, 3.8) is 0 Å². The van der Waals surface area contributed by atoms with E-state index in [0.29, 0.717) is 5.69 Å². The molecular formula is C40H37N3O3. The molecule has 0 aromatic heterocycles. The van der Waals surface area contributed by atoms with Crippen molar-refractivity contribution in [3.05, 3.63) is 131 Å². The Hall–Kier alpha value is -5.23. The first-order valence-corrected chi connectivity index (χ1v) is 16.3. The Labute approximate surface area is 270 Å². The number of anilines is 3. The molecule has 0 spiro atoms. The van der Waals surface area contributed by atoms with Crippen LogP contribution >= 0.6 is 0 Å². The molecule has 4 aromatic rings. The van der Waals surface area contributed by atoms with Gasteiger partial charge < -0.3 is 10.0 Å². The molecule has 1 amide bonds. The number of para-hydroxylation sites is 1. The monoisotopic (exact) mass is 607 g/mol. The summed E-state index contributed by atoms with van der Waals surface area (Å²) >= 11 is 0. The molecule has 230 valence electrons. The lowest BCUT2D eigenvalue weighted by molar-refractivity contribution is -0.129. The number of hydrogen-bond acceptors (Lipinski definition) is 4. The van der Waals surface area contributed by atoms with Gasteiger partial charge in [-0.1, -0.05) is 92.1 Å². The molecule has 1 fully saturated rings. The Kier molecular flexibility index (Phi) is 8.34. The van der Waals surface area contributed by atoms with Crippen molar-refractivity contribution in [1.29, 1.82) is 0 Å². The number of amides is 1. The Morgan fingerprint density at radius 3 is 2.24 bits per heavy atom. The zero-order valence-corrected chi connectivity index (χ0v) is 25.8. The maximum atomic E-state index is 13.0. The van der Waals surface area contributed by atoms with E-state index in [0.717, 1.165) is 35.9 Å². The van der Waals surface area contributed by atoms with Gasteiger partial charge in [-0.05, 0) is 102 Å². The van der Waals surface area contributed by atoms with Gasteiger partial charge in [0.15, 0.2) is 5.71 Å². The second-order valence-electron chi connectivity index (χ2n) is 12.3. The third kappa shape index (κ3) is 6.03. The van der Waals surface area contributed by atoms with Gasteiger partial charge in [0.2, 0.25) is 0 Å². The summed E-state index contributed by atoms with van der Waals surface area (Å²) < 4.78 is 0. The fraction of sp³-hybridized carbons (Fsp3) is 0.225. The van der Waals surface area contributed by atoms with Gasteiger partial charge in [0.1, 0.15) is 0 Å². The summed E-state index contributed by atoms with van der Waals surface area (Å²) in [6, 6.07) is 33.3. The van der Waals surface area contributed by atoms with E-state index in [1.807, 2.05) is 12.1 Å². The summed E-state index contributed by atoms with van der Waals surface area (Å²) in [5.41, 5.74) is 8.93. The van der Waals surface area contributed by atoms with E-state index < -0.39 is 11.9 Å². The van der Waals surface area contributed by atoms with E-state index >= 15 is 0 Å². The van der Waals surface area contributed by atoms with Crippen molar-refractivity contribution in [3.8, 4) is 11.1 Å². The highest BCUT2D eigenvalue weighted by Gasteiger charge is 2.34. The third-order valence-corrected chi connectivity index (χ3v) is 9.35. The fourth-order valence-electron chi connectivity index (χ4n) is 6.93. The first kappa shape index (κ1) is 29.5. The van der Waals surface area contributed by atoms with Gasteiger partial charge in [-0.3, -0.25) is 4.79 Å². The molecule has 0 saturated heterocycles. The van der Waals surface area contributed by atoms with Crippen LogP contribution in [0.15, 0.2) is 120 Å². The molecular weight excluding hydrogens is 570 g/mol. The van der Waals surface area contributed by atoms with Crippen molar-refractivity contribution in [2.24, 2.45) is 5.10 Å². The van der Waals surface area contributed by atoms with E-state index in [9.17, 15) is 14.7 Å². The molecule has 0 radical (unpaired) electrons. The third-order valence-electron chi connectivity index (χ3n) is 9.35. The van der Waals surface area contributed by atoms with E-state index in [4.69, 9.17) is 0 Å². The highest BCUT2D eigenvalue weighted by Crippen LogP contribution is 2.37. The number of hydrogen-bond donors (Lipinski definition) is 1. The van der Waals surface area contributed by atoms with Gasteiger partial charge in [-0.15, -0.1) is 0 Å². The van der Waals surface area contributed by atoms with Crippen LogP contribution < -0.4 is 9.91 Å². The molecule has 4 aromatic carbocycles. The summed E-state index contributed by atoms with van der Waals surface area (Å²) in [6.07, 6.45) is 13.9. The lowest BCUT2D eigenvalue weighted by Gasteiger charge is -2.31. The number of aliphatic carboxylic acids is 1. The predicted octanol–water partition coefficient (Wildman–Crippen LogP) is 8.91. The zero-order chi connectivity index (χ0) is 31.5. The number of carbonyl (C=O) groups is 2. The Morgan fingerprint density at radius 2 is 1.52 bits per heavy atom. The maximum absolute atomic E-state index is 13.0. The van der Waals surface area contributed by atoms with Gasteiger partial charge in [-0.25, -0.2) is 4.79 Å². The molecule has 0 bridgehead atoms. The summed E-state index contributed by atoms with van der Waals surface area (Å²) in [4.78, 5) is 27.3. The van der Waals surface area contributed by atoms with Crippen molar-refractivity contribution >= 4 is 40.7 Å². The molecule has 46 heavy (non-hydrogen) atoms. The number of carboxylic acid groups (broad SMARTS) is 1. The van der Waals surface area contributed by atoms with Gasteiger partial charge in [0.05, 0.1) is 11.3 Å². The number of rotatable bonds is 7. The van der Waals surface area contributed by atoms with E-state index in [2.05, 4.69) is 76.7 Å². The number of nitrogens with zero attached hydrogens (tertiary/aromatic N) is 3. The Bertz CT molecular complexity index is 1830. The van der Waals surface area contributed by atoms with Crippen LogP contribution in [-0.2, 0) is 16.0 Å². The molecule has 2 aliphatic heterocycles. The standard InChI is InChI=1S/C40H37N3O3/c44-39-36(38(40(45)46)41-43(39)35-13-5-2-6-14-35)15-7-9-28-16-25-37-33(27-28)12-8-26-42(37)34-23-21-32(22-24-34)31-19-17-30(18-20-31)29-10-3-1-4-11-29/h2,5-7,9,13-25,27,29H,1,3-4,8,10-12,26H2,(H,45,46)/b9-7+,36-15-. The lowest BCUT2D eigenvalue weighted by atomic mass is 9.84. The first-order chi connectivity index (χ1) is 22.5. The number of aryl methyl sites for hydroxylation is 1. The smallest absolute Gasteiger partial charge is 0.357 e. The Morgan fingerprint density at radius 1 is 0.804 bits per heavy atom. The molecule has 0 atom stereocenters. The average Bonchev–Trinajstić information content (AvgIpc) is 3.45. The topological polar surface area (TPSA) is 73.2 Å². The molecule has 2 heterocycles. The van der Waals surface area contributed by atoms with Crippen LogP contribution in [0.5, 0.6) is 0 Å². The van der Waals surface area contributed by atoms with Crippen LogP contribution in [-0.4, -0.2) is 29.2 Å². The van der Waals surface area contributed by atoms with Crippen molar-refractivity contribution < 1.29 is 14.7 Å². The minimum atomic E-state index is -1.24. The summed E-state index contributed by atoms with van der Waals surface area (Å²) in [6.45, 7) is 0.959. The second-order valence-corrected chi connectivity index (χ2v) is 12.3. The van der Waals surface area contributed by atoms with Gasteiger partial charge >= 0.3 is 5.97 Å². The largest absolute Gasteiger partial charge is 0.476 e. The van der Waals surface area contributed by atoms with Crippen LogP contribution in [0.3, 0.4) is 0 Å². The first-order valence-electron chi connectivity index (χ1n) is 16.3. The predicted molar refractivity (Wildman–Crippen MR) is 186 cm³/mol.